The first-order chi connectivity index (χ1) is 11.6. The molecule has 0 radical (unpaired) electrons. The third-order valence-electron chi connectivity index (χ3n) is 5.02. The quantitative estimate of drug-likeness (QED) is 0.831. The Morgan fingerprint density at radius 2 is 1.68 bits per heavy atom. The van der Waals surface area contributed by atoms with Gasteiger partial charge in [0.25, 0.3) is 0 Å². The number of ether oxygens (including phenoxy) is 1. The summed E-state index contributed by atoms with van der Waals surface area (Å²) < 4.78 is 5.46. The van der Waals surface area contributed by atoms with Crippen molar-refractivity contribution in [3.05, 3.63) is 0 Å². The van der Waals surface area contributed by atoms with Crippen molar-refractivity contribution in [3.63, 3.8) is 0 Å². The second-order valence-corrected chi connectivity index (χ2v) is 8.48. The predicted molar refractivity (Wildman–Crippen MR) is 95.6 cm³/mol. The number of rotatable bonds is 3. The minimum Gasteiger partial charge on any atom is -0.481 e. The Balaban J connectivity index is 2.02. The van der Waals surface area contributed by atoms with Crippen LogP contribution in [0.4, 0.5) is 4.79 Å². The number of carbonyl (C=O) groups is 2. The summed E-state index contributed by atoms with van der Waals surface area (Å²) in [7, 11) is 0. The number of carbonyl (C=O) groups excluding carboxylic acids is 1. The highest BCUT2D eigenvalue weighted by molar-refractivity contribution is 5.73. The van der Waals surface area contributed by atoms with Crippen LogP contribution in [0.1, 0.15) is 41.0 Å². The Labute approximate surface area is 150 Å². The standard InChI is InChI=1S/C18H33N3O4/c1-13(2)19-6-8-20(9-7-19)15-10-14(16(22)23)11-21(12-15)17(24)25-18(3,4)5/h13-15H,6-12H2,1-5H3,(H,22,23)/t14-,15+/m0/s1. The van der Waals surface area contributed by atoms with Gasteiger partial charge >= 0.3 is 12.1 Å². The van der Waals surface area contributed by atoms with Crippen LogP contribution in [0.2, 0.25) is 0 Å². The molecular formula is C18H33N3O4. The van der Waals surface area contributed by atoms with E-state index in [1.807, 2.05) is 20.8 Å². The SMILES string of the molecule is CC(C)N1CCN([C@@H]2C[C@H](C(=O)O)CN(C(=O)OC(C)(C)C)C2)CC1. The maximum atomic E-state index is 12.4. The minimum absolute atomic E-state index is 0.0803. The molecule has 2 rings (SSSR count). The number of carboxylic acids is 1. The number of likely N-dealkylation sites (tertiary alicyclic amines) is 1. The van der Waals surface area contributed by atoms with Gasteiger partial charge in [0.1, 0.15) is 5.60 Å². The molecule has 2 saturated heterocycles. The van der Waals surface area contributed by atoms with Gasteiger partial charge in [0.2, 0.25) is 0 Å². The second-order valence-electron chi connectivity index (χ2n) is 8.48. The summed E-state index contributed by atoms with van der Waals surface area (Å²) in [6.07, 6.45) is 0.181. The van der Waals surface area contributed by atoms with Crippen LogP contribution in [0.15, 0.2) is 0 Å². The Bertz CT molecular complexity index is 481. The molecule has 144 valence electrons. The molecule has 2 aliphatic rings. The number of nitrogens with zero attached hydrogens (tertiary/aromatic N) is 3. The van der Waals surface area contributed by atoms with E-state index in [1.165, 1.54) is 0 Å². The second kappa shape index (κ2) is 7.91. The third kappa shape index (κ3) is 5.57. The van der Waals surface area contributed by atoms with Crippen LogP contribution >= 0.6 is 0 Å². The average molecular weight is 355 g/mol. The summed E-state index contributed by atoms with van der Waals surface area (Å²) in [6, 6.07) is 0.607. The van der Waals surface area contributed by atoms with E-state index in [0.717, 1.165) is 26.2 Å². The molecule has 2 fully saturated rings. The molecular weight excluding hydrogens is 322 g/mol. The lowest BCUT2D eigenvalue weighted by Gasteiger charge is -2.45. The van der Waals surface area contributed by atoms with Gasteiger partial charge in [-0.05, 0) is 41.0 Å². The van der Waals surface area contributed by atoms with Crippen LogP contribution in [-0.2, 0) is 9.53 Å². The first kappa shape index (κ1) is 20.0. The number of carboxylic acid groups (broad SMARTS) is 1. The first-order valence-electron chi connectivity index (χ1n) is 9.25. The van der Waals surface area contributed by atoms with Crippen molar-refractivity contribution in [1.82, 2.24) is 14.7 Å². The number of piperazine rings is 1. The van der Waals surface area contributed by atoms with E-state index in [9.17, 15) is 14.7 Å². The molecule has 2 heterocycles. The average Bonchev–Trinajstić information content (AvgIpc) is 2.52. The maximum Gasteiger partial charge on any atom is 0.410 e. The highest BCUT2D eigenvalue weighted by Crippen LogP contribution is 2.24. The lowest BCUT2D eigenvalue weighted by atomic mass is 9.93. The largest absolute Gasteiger partial charge is 0.481 e. The van der Waals surface area contributed by atoms with Gasteiger partial charge in [-0.25, -0.2) is 4.79 Å². The Morgan fingerprint density at radius 1 is 1.08 bits per heavy atom. The maximum absolute atomic E-state index is 12.4. The zero-order valence-electron chi connectivity index (χ0n) is 16.2. The molecule has 0 spiro atoms. The summed E-state index contributed by atoms with van der Waals surface area (Å²) >= 11 is 0. The minimum atomic E-state index is -0.834. The van der Waals surface area contributed by atoms with Crippen molar-refractivity contribution in [2.75, 3.05) is 39.3 Å². The molecule has 0 aromatic carbocycles. The molecule has 0 bridgehead atoms. The molecule has 0 aromatic heterocycles. The van der Waals surface area contributed by atoms with Crippen LogP contribution in [0.25, 0.3) is 0 Å². The van der Waals surface area contributed by atoms with E-state index in [-0.39, 0.29) is 12.6 Å². The number of aliphatic carboxylic acids is 1. The first-order valence-corrected chi connectivity index (χ1v) is 9.25. The smallest absolute Gasteiger partial charge is 0.410 e. The highest BCUT2D eigenvalue weighted by Gasteiger charge is 2.38. The molecule has 0 aromatic rings. The molecule has 7 heteroatoms. The summed E-state index contributed by atoms with van der Waals surface area (Å²) in [6.45, 7) is 14.4. The molecule has 1 amide bonds. The van der Waals surface area contributed by atoms with Gasteiger partial charge < -0.3 is 14.7 Å². The molecule has 7 nitrogen and oxygen atoms in total. The topological polar surface area (TPSA) is 73.3 Å². The number of amides is 1. The van der Waals surface area contributed by atoms with Crippen LogP contribution in [0, 0.1) is 5.92 Å². The lowest BCUT2D eigenvalue weighted by molar-refractivity contribution is -0.144. The molecule has 2 aliphatic heterocycles. The van der Waals surface area contributed by atoms with E-state index in [2.05, 4.69) is 23.6 Å². The van der Waals surface area contributed by atoms with E-state index in [4.69, 9.17) is 4.74 Å². The van der Waals surface area contributed by atoms with Crippen molar-refractivity contribution >= 4 is 12.1 Å². The zero-order chi connectivity index (χ0) is 18.8. The van der Waals surface area contributed by atoms with E-state index < -0.39 is 23.6 Å². The van der Waals surface area contributed by atoms with Crippen LogP contribution in [0.3, 0.4) is 0 Å². The van der Waals surface area contributed by atoms with Gasteiger partial charge in [0.05, 0.1) is 5.92 Å². The summed E-state index contributed by atoms with van der Waals surface area (Å²) in [4.78, 5) is 30.4. The van der Waals surface area contributed by atoms with Crippen molar-refractivity contribution in [1.29, 1.82) is 0 Å². The monoisotopic (exact) mass is 355 g/mol. The Morgan fingerprint density at radius 3 is 2.16 bits per heavy atom. The fourth-order valence-corrected chi connectivity index (χ4v) is 3.61. The molecule has 2 atom stereocenters. The predicted octanol–water partition coefficient (Wildman–Crippen LogP) is 1.72. The van der Waals surface area contributed by atoms with Gasteiger partial charge in [-0.2, -0.15) is 0 Å². The van der Waals surface area contributed by atoms with E-state index >= 15 is 0 Å². The Kier molecular flexibility index (Phi) is 6.32. The zero-order valence-corrected chi connectivity index (χ0v) is 16.2. The summed E-state index contributed by atoms with van der Waals surface area (Å²) in [5, 5.41) is 9.50. The number of hydrogen-bond acceptors (Lipinski definition) is 5. The van der Waals surface area contributed by atoms with E-state index in [0.29, 0.717) is 19.0 Å². The van der Waals surface area contributed by atoms with Gasteiger partial charge in [-0.3, -0.25) is 14.6 Å². The molecule has 0 aliphatic carbocycles. The van der Waals surface area contributed by atoms with Crippen molar-refractivity contribution in [2.24, 2.45) is 5.92 Å². The van der Waals surface area contributed by atoms with Crippen LogP contribution in [0.5, 0.6) is 0 Å². The van der Waals surface area contributed by atoms with Gasteiger partial charge in [-0.15, -0.1) is 0 Å². The van der Waals surface area contributed by atoms with Crippen molar-refractivity contribution in [3.8, 4) is 0 Å². The fraction of sp³-hybridized carbons (Fsp3) is 0.889. The number of hydrogen-bond donors (Lipinski definition) is 1. The Hall–Kier alpha value is -1.34. The van der Waals surface area contributed by atoms with Gasteiger partial charge in [-0.1, -0.05) is 0 Å². The van der Waals surface area contributed by atoms with Gasteiger partial charge in [0, 0.05) is 51.4 Å². The van der Waals surface area contributed by atoms with E-state index in [1.54, 1.807) is 4.90 Å². The van der Waals surface area contributed by atoms with Gasteiger partial charge in [0.15, 0.2) is 0 Å². The molecule has 25 heavy (non-hydrogen) atoms. The van der Waals surface area contributed by atoms with Crippen molar-refractivity contribution < 1.29 is 19.4 Å². The third-order valence-corrected chi connectivity index (χ3v) is 5.02. The summed E-state index contributed by atoms with van der Waals surface area (Å²) in [5.74, 6) is -1.37. The molecule has 0 unspecified atom stereocenters. The normalized spacial score (nSPS) is 26.7. The van der Waals surface area contributed by atoms with Crippen molar-refractivity contribution in [2.45, 2.75) is 58.7 Å². The van der Waals surface area contributed by atoms with Crippen LogP contribution in [-0.4, -0.2) is 88.8 Å². The lowest BCUT2D eigenvalue weighted by Crippen LogP contribution is -2.59. The van der Waals surface area contributed by atoms with Crippen LogP contribution < -0.4 is 0 Å². The highest BCUT2D eigenvalue weighted by atomic mass is 16.6. The fourth-order valence-electron chi connectivity index (χ4n) is 3.61. The molecule has 1 N–H and O–H groups in total. The summed E-state index contributed by atoms with van der Waals surface area (Å²) in [5.41, 5.74) is -0.578. The molecule has 0 saturated carbocycles. The number of piperidine rings is 1.